The van der Waals surface area contributed by atoms with Crippen LogP contribution in [0.25, 0.3) is 0 Å². The normalized spacial score (nSPS) is 21.1. The number of hydrogen-bond donors (Lipinski definition) is 2. The second-order valence-electron chi connectivity index (χ2n) is 7.44. The molecule has 0 bridgehead atoms. The molecule has 12 heteroatoms. The number of hydrogen-bond acceptors (Lipinski definition) is 5. The third-order valence-electron chi connectivity index (χ3n) is 5.03. The van der Waals surface area contributed by atoms with Crippen LogP contribution in [-0.4, -0.2) is 45.8 Å². The van der Waals surface area contributed by atoms with E-state index in [0.29, 0.717) is 12.4 Å². The summed E-state index contributed by atoms with van der Waals surface area (Å²) in [4.78, 5) is 21.3. The number of nitrogen functional groups attached to an aromatic ring is 1. The van der Waals surface area contributed by atoms with Gasteiger partial charge in [0.05, 0.1) is 23.7 Å². The second-order valence-corrected chi connectivity index (χ2v) is 7.88. The fraction of sp³-hybridized carbons (Fsp3) is 0.421. The Kier molecular flexibility index (Phi) is 6.26. The standard InChI is InChI=1S/C19H19ClF5N5O/c1-10-5-18(21,22)9-30(16(31)13-4-12(20)2-3-14(13)26)15(10)8-29-17-27-6-11(7-28-17)19(23,24)25/h2-4,6-7,10,15H,5,8-9,26H2,1H3,(H,27,28,29). The summed E-state index contributed by atoms with van der Waals surface area (Å²) in [6.07, 6.45) is -3.81. The molecule has 2 aromatic rings. The van der Waals surface area contributed by atoms with Gasteiger partial charge in [0.15, 0.2) is 0 Å². The van der Waals surface area contributed by atoms with Crippen LogP contribution in [0.3, 0.4) is 0 Å². The molecule has 0 saturated carbocycles. The fourth-order valence-electron chi connectivity index (χ4n) is 3.51. The van der Waals surface area contributed by atoms with Gasteiger partial charge < -0.3 is 16.0 Å². The number of benzene rings is 1. The van der Waals surface area contributed by atoms with E-state index < -0.39 is 48.5 Å². The van der Waals surface area contributed by atoms with Crippen molar-refractivity contribution in [1.29, 1.82) is 0 Å². The number of nitrogens with zero attached hydrogens (tertiary/aromatic N) is 3. The zero-order valence-corrected chi connectivity index (χ0v) is 17.0. The first-order chi connectivity index (χ1) is 14.4. The van der Waals surface area contributed by atoms with Gasteiger partial charge in [-0.05, 0) is 24.1 Å². The maximum atomic E-state index is 14.3. The smallest absolute Gasteiger partial charge is 0.398 e. The Morgan fingerprint density at radius 1 is 1.32 bits per heavy atom. The second kappa shape index (κ2) is 8.45. The lowest BCUT2D eigenvalue weighted by Crippen LogP contribution is -2.57. The van der Waals surface area contributed by atoms with Crippen molar-refractivity contribution in [3.63, 3.8) is 0 Å². The molecule has 2 heterocycles. The minimum atomic E-state index is -4.58. The summed E-state index contributed by atoms with van der Waals surface area (Å²) >= 11 is 5.92. The molecule has 0 spiro atoms. The minimum absolute atomic E-state index is 0.00631. The molecular formula is C19H19ClF5N5O. The minimum Gasteiger partial charge on any atom is -0.398 e. The number of carbonyl (C=O) groups excluding carboxylic acids is 1. The number of nitrogens with two attached hydrogens (primary N) is 1. The molecular weight excluding hydrogens is 445 g/mol. The predicted molar refractivity (Wildman–Crippen MR) is 105 cm³/mol. The molecule has 1 aromatic carbocycles. The van der Waals surface area contributed by atoms with Crippen LogP contribution < -0.4 is 11.1 Å². The van der Waals surface area contributed by atoms with E-state index in [9.17, 15) is 26.7 Å². The summed E-state index contributed by atoms with van der Waals surface area (Å²) in [5, 5.41) is 2.95. The number of rotatable bonds is 4. The highest BCUT2D eigenvalue weighted by Crippen LogP contribution is 2.36. The monoisotopic (exact) mass is 463 g/mol. The van der Waals surface area contributed by atoms with Crippen LogP contribution in [0.5, 0.6) is 0 Å². The van der Waals surface area contributed by atoms with Crippen LogP contribution in [0, 0.1) is 5.92 Å². The Bertz CT molecular complexity index is 954. The average Bonchev–Trinajstić information content (AvgIpc) is 2.67. The SMILES string of the molecule is CC1CC(F)(F)CN(C(=O)c2cc(Cl)ccc2N)C1CNc1ncc(C(F)(F)F)cn1. The van der Waals surface area contributed by atoms with Crippen molar-refractivity contribution < 1.29 is 26.7 Å². The number of piperidine rings is 1. The molecule has 6 nitrogen and oxygen atoms in total. The van der Waals surface area contributed by atoms with Gasteiger partial charge in [-0.1, -0.05) is 18.5 Å². The molecule has 3 rings (SSSR count). The topological polar surface area (TPSA) is 84.1 Å². The van der Waals surface area contributed by atoms with Crippen LogP contribution in [0.1, 0.15) is 29.3 Å². The van der Waals surface area contributed by atoms with Gasteiger partial charge >= 0.3 is 6.18 Å². The summed E-state index contributed by atoms with van der Waals surface area (Å²) in [5.74, 6) is -4.57. The number of aromatic nitrogens is 2. The van der Waals surface area contributed by atoms with Crippen LogP contribution >= 0.6 is 11.6 Å². The summed E-state index contributed by atoms with van der Waals surface area (Å²) in [7, 11) is 0. The first-order valence-corrected chi connectivity index (χ1v) is 9.62. The average molecular weight is 464 g/mol. The Hall–Kier alpha value is -2.69. The maximum absolute atomic E-state index is 14.3. The molecule has 168 valence electrons. The van der Waals surface area contributed by atoms with Gasteiger partial charge in [-0.25, -0.2) is 18.7 Å². The molecule has 1 aliphatic rings. The molecule has 2 atom stereocenters. The molecule has 1 aliphatic heterocycles. The van der Waals surface area contributed by atoms with Crippen LogP contribution in [-0.2, 0) is 6.18 Å². The molecule has 0 radical (unpaired) electrons. The number of likely N-dealkylation sites (tertiary alicyclic amines) is 1. The van der Waals surface area contributed by atoms with Crippen molar-refractivity contribution in [3.8, 4) is 0 Å². The molecule has 0 aliphatic carbocycles. The highest BCUT2D eigenvalue weighted by Gasteiger charge is 2.46. The van der Waals surface area contributed by atoms with Crippen molar-refractivity contribution in [2.75, 3.05) is 24.1 Å². The molecule has 1 amide bonds. The van der Waals surface area contributed by atoms with E-state index in [1.807, 2.05) is 0 Å². The summed E-state index contributed by atoms with van der Waals surface area (Å²) < 4.78 is 66.4. The van der Waals surface area contributed by atoms with Crippen molar-refractivity contribution in [3.05, 3.63) is 46.7 Å². The van der Waals surface area contributed by atoms with E-state index in [1.54, 1.807) is 6.92 Å². The van der Waals surface area contributed by atoms with Gasteiger partial charge in [0, 0.05) is 36.1 Å². The highest BCUT2D eigenvalue weighted by atomic mass is 35.5. The van der Waals surface area contributed by atoms with Crippen molar-refractivity contribution >= 4 is 29.1 Å². The Labute approximate surface area is 179 Å². The zero-order valence-electron chi connectivity index (χ0n) is 16.3. The first-order valence-electron chi connectivity index (χ1n) is 9.24. The molecule has 1 saturated heterocycles. The molecule has 1 fully saturated rings. The third-order valence-corrected chi connectivity index (χ3v) is 5.27. The van der Waals surface area contributed by atoms with Crippen molar-refractivity contribution in [2.24, 2.45) is 5.92 Å². The van der Waals surface area contributed by atoms with E-state index in [1.165, 1.54) is 18.2 Å². The number of amides is 1. The van der Waals surface area contributed by atoms with Gasteiger partial charge in [0.1, 0.15) is 0 Å². The Balaban J connectivity index is 1.82. The molecule has 2 unspecified atom stereocenters. The molecule has 31 heavy (non-hydrogen) atoms. The number of anilines is 2. The van der Waals surface area contributed by atoms with E-state index in [-0.39, 0.29) is 28.8 Å². The van der Waals surface area contributed by atoms with Gasteiger partial charge in [0.2, 0.25) is 5.95 Å². The van der Waals surface area contributed by atoms with E-state index in [2.05, 4.69) is 15.3 Å². The molecule has 3 N–H and O–H groups in total. The summed E-state index contributed by atoms with van der Waals surface area (Å²) in [6.45, 7) is 0.686. The summed E-state index contributed by atoms with van der Waals surface area (Å²) in [5.41, 5.74) is 4.91. The van der Waals surface area contributed by atoms with Crippen LogP contribution in [0.2, 0.25) is 5.02 Å². The van der Waals surface area contributed by atoms with Gasteiger partial charge in [0.25, 0.3) is 11.8 Å². The number of halogens is 6. The van der Waals surface area contributed by atoms with Crippen molar-refractivity contribution in [1.82, 2.24) is 14.9 Å². The Morgan fingerprint density at radius 2 is 1.97 bits per heavy atom. The van der Waals surface area contributed by atoms with Gasteiger partial charge in [-0.3, -0.25) is 4.79 Å². The van der Waals surface area contributed by atoms with Crippen molar-refractivity contribution in [2.45, 2.75) is 31.5 Å². The van der Waals surface area contributed by atoms with Gasteiger partial charge in [-0.2, -0.15) is 13.2 Å². The van der Waals surface area contributed by atoms with Crippen LogP contribution in [0.15, 0.2) is 30.6 Å². The molecule has 1 aromatic heterocycles. The van der Waals surface area contributed by atoms with Crippen LogP contribution in [0.4, 0.5) is 33.6 Å². The van der Waals surface area contributed by atoms with Gasteiger partial charge in [-0.15, -0.1) is 0 Å². The number of nitrogens with one attached hydrogen (secondary N) is 1. The quantitative estimate of drug-likeness (QED) is 0.521. The van der Waals surface area contributed by atoms with E-state index >= 15 is 0 Å². The first kappa shape index (κ1) is 23.0. The fourth-order valence-corrected chi connectivity index (χ4v) is 3.68. The highest BCUT2D eigenvalue weighted by molar-refractivity contribution is 6.31. The maximum Gasteiger partial charge on any atom is 0.419 e. The number of alkyl halides is 5. The number of carbonyl (C=O) groups is 1. The predicted octanol–water partition coefficient (Wildman–Crippen LogP) is 4.33. The third kappa shape index (κ3) is 5.33. The van der Waals surface area contributed by atoms with E-state index in [4.69, 9.17) is 17.3 Å². The zero-order chi connectivity index (χ0) is 23.0. The summed E-state index contributed by atoms with van der Waals surface area (Å²) in [6, 6.07) is 3.48. The van der Waals surface area contributed by atoms with E-state index in [0.717, 1.165) is 4.90 Å². The lowest BCUT2D eigenvalue weighted by atomic mass is 9.87. The lowest BCUT2D eigenvalue weighted by Gasteiger charge is -2.43. The lowest BCUT2D eigenvalue weighted by molar-refractivity contribution is -0.138. The largest absolute Gasteiger partial charge is 0.419 e. The Morgan fingerprint density at radius 3 is 2.58 bits per heavy atom.